The van der Waals surface area contributed by atoms with Gasteiger partial charge in [-0.15, -0.1) is 11.3 Å². The van der Waals surface area contributed by atoms with Crippen molar-refractivity contribution in [2.45, 2.75) is 25.6 Å². The summed E-state index contributed by atoms with van der Waals surface area (Å²) in [6.07, 6.45) is -1.70. The minimum absolute atomic E-state index is 0.0712. The lowest BCUT2D eigenvalue weighted by atomic mass is 9.97. The molecule has 0 aromatic carbocycles. The lowest BCUT2D eigenvalue weighted by Gasteiger charge is -2.31. The number of aromatic nitrogens is 1. The van der Waals surface area contributed by atoms with Gasteiger partial charge in [0.25, 0.3) is 5.91 Å². The Morgan fingerprint density at radius 1 is 1.34 bits per heavy atom. The van der Waals surface area contributed by atoms with E-state index in [1.165, 1.54) is 23.6 Å². The zero-order valence-corrected chi connectivity index (χ0v) is 16.3. The molecule has 3 rings (SSSR count). The van der Waals surface area contributed by atoms with Crippen LogP contribution in [0.4, 0.5) is 13.2 Å². The second kappa shape index (κ2) is 9.25. The average molecular weight is 427 g/mol. The maximum atomic E-state index is 12.5. The van der Waals surface area contributed by atoms with E-state index in [0.29, 0.717) is 30.0 Å². The highest BCUT2D eigenvalue weighted by Crippen LogP contribution is 2.21. The van der Waals surface area contributed by atoms with Crippen molar-refractivity contribution in [1.29, 1.82) is 0 Å². The Labute approximate surface area is 169 Å². The van der Waals surface area contributed by atoms with Crippen LogP contribution in [0.1, 0.15) is 28.1 Å². The first-order valence-electron chi connectivity index (χ1n) is 9.07. The van der Waals surface area contributed by atoms with E-state index < -0.39 is 12.8 Å². The van der Waals surface area contributed by atoms with Gasteiger partial charge in [-0.3, -0.25) is 9.59 Å². The maximum Gasteiger partial charge on any atom is 0.422 e. The number of likely N-dealkylation sites (tertiary alicyclic amines) is 1. The lowest BCUT2D eigenvalue weighted by Crippen LogP contribution is -2.45. The molecule has 10 heteroatoms. The highest BCUT2D eigenvalue weighted by Gasteiger charge is 2.30. The van der Waals surface area contributed by atoms with Gasteiger partial charge in [0.1, 0.15) is 0 Å². The van der Waals surface area contributed by atoms with E-state index in [1.807, 2.05) is 11.4 Å². The second-order valence-electron chi connectivity index (χ2n) is 6.69. The first-order valence-corrected chi connectivity index (χ1v) is 9.95. The Kier molecular flexibility index (Phi) is 6.73. The van der Waals surface area contributed by atoms with Gasteiger partial charge in [0.05, 0.1) is 10.8 Å². The number of amides is 2. The number of alkyl halides is 3. The first kappa shape index (κ1) is 21.1. The molecule has 156 valence electrons. The summed E-state index contributed by atoms with van der Waals surface area (Å²) in [4.78, 5) is 31.1. The molecule has 2 aromatic heterocycles. The minimum Gasteiger partial charge on any atom is -0.468 e. The van der Waals surface area contributed by atoms with Crippen LogP contribution < -0.4 is 10.1 Å². The van der Waals surface area contributed by atoms with Crippen LogP contribution in [0.5, 0.6) is 5.88 Å². The molecular formula is C19H20F3N3O3S. The number of thiophene rings is 1. The summed E-state index contributed by atoms with van der Waals surface area (Å²) in [5.41, 5.74) is 0.577. The van der Waals surface area contributed by atoms with E-state index in [0.717, 1.165) is 6.42 Å². The normalized spacial score (nSPS) is 17.1. The van der Waals surface area contributed by atoms with Crippen molar-refractivity contribution in [3.63, 3.8) is 0 Å². The van der Waals surface area contributed by atoms with Crippen LogP contribution in [0.2, 0.25) is 0 Å². The zero-order valence-electron chi connectivity index (χ0n) is 15.4. The molecule has 1 saturated heterocycles. The number of nitrogens with one attached hydrogen (secondary N) is 1. The molecule has 0 bridgehead atoms. The summed E-state index contributed by atoms with van der Waals surface area (Å²) < 4.78 is 41.3. The van der Waals surface area contributed by atoms with Crippen LogP contribution in [-0.2, 0) is 11.3 Å². The standard InChI is InChI=1S/C19H20F3N3O3S/c20-19(21,22)12-28-16-9-13(5-6-23-16)10-24-17(26)14-3-1-7-25(11-14)18(27)15-4-2-8-29-15/h2,4-6,8-9,14H,1,3,7,10-12H2,(H,24,26). The molecule has 1 atom stereocenters. The largest absolute Gasteiger partial charge is 0.468 e. The van der Waals surface area contributed by atoms with Gasteiger partial charge < -0.3 is 15.0 Å². The Balaban J connectivity index is 1.52. The summed E-state index contributed by atoms with van der Waals surface area (Å²) in [6.45, 7) is -0.325. The average Bonchev–Trinajstić information content (AvgIpc) is 3.25. The van der Waals surface area contributed by atoms with Crippen LogP contribution >= 0.6 is 11.3 Å². The SMILES string of the molecule is O=C(NCc1ccnc(OCC(F)(F)F)c1)C1CCCN(C(=O)c2cccs2)C1. The molecular weight excluding hydrogens is 407 g/mol. The Morgan fingerprint density at radius 3 is 2.90 bits per heavy atom. The number of hydrogen-bond acceptors (Lipinski definition) is 5. The van der Waals surface area contributed by atoms with Crippen molar-refractivity contribution >= 4 is 23.2 Å². The predicted octanol–water partition coefficient (Wildman–Crippen LogP) is 3.25. The molecule has 29 heavy (non-hydrogen) atoms. The van der Waals surface area contributed by atoms with Crippen LogP contribution in [0.15, 0.2) is 35.8 Å². The summed E-state index contributed by atoms with van der Waals surface area (Å²) in [6, 6.07) is 6.53. The Bertz CT molecular complexity index is 843. The van der Waals surface area contributed by atoms with Crippen LogP contribution in [0.25, 0.3) is 0 Å². The van der Waals surface area contributed by atoms with E-state index in [4.69, 9.17) is 0 Å². The number of rotatable bonds is 6. The van der Waals surface area contributed by atoms with Crippen molar-refractivity contribution < 1.29 is 27.5 Å². The quantitative estimate of drug-likeness (QED) is 0.768. The second-order valence-corrected chi connectivity index (χ2v) is 7.64. The number of hydrogen-bond donors (Lipinski definition) is 1. The van der Waals surface area contributed by atoms with E-state index in [2.05, 4.69) is 15.0 Å². The molecule has 1 fully saturated rings. The molecule has 2 amide bonds. The fraction of sp³-hybridized carbons (Fsp3) is 0.421. The van der Waals surface area contributed by atoms with Gasteiger partial charge in [-0.05, 0) is 35.9 Å². The molecule has 0 radical (unpaired) electrons. The minimum atomic E-state index is -4.45. The molecule has 6 nitrogen and oxygen atoms in total. The van der Waals surface area contributed by atoms with Gasteiger partial charge in [-0.2, -0.15) is 13.2 Å². The number of nitrogens with zero attached hydrogens (tertiary/aromatic N) is 2. The third-order valence-corrected chi connectivity index (χ3v) is 5.32. The third kappa shape index (κ3) is 6.18. The molecule has 1 aliphatic rings. The molecule has 1 unspecified atom stereocenters. The van der Waals surface area contributed by atoms with Crippen molar-refractivity contribution in [2.24, 2.45) is 5.92 Å². The Hall–Kier alpha value is -2.62. The molecule has 2 aromatic rings. The topological polar surface area (TPSA) is 71.5 Å². The number of pyridine rings is 1. The van der Waals surface area contributed by atoms with Crippen molar-refractivity contribution in [2.75, 3.05) is 19.7 Å². The fourth-order valence-corrected chi connectivity index (χ4v) is 3.75. The van der Waals surface area contributed by atoms with Crippen LogP contribution in [0, 0.1) is 5.92 Å². The van der Waals surface area contributed by atoms with Crippen LogP contribution in [-0.4, -0.2) is 47.6 Å². The zero-order chi connectivity index (χ0) is 20.9. The van der Waals surface area contributed by atoms with Gasteiger partial charge >= 0.3 is 6.18 Å². The molecule has 0 saturated carbocycles. The van der Waals surface area contributed by atoms with E-state index in [9.17, 15) is 22.8 Å². The summed E-state index contributed by atoms with van der Waals surface area (Å²) in [5, 5.41) is 4.62. The summed E-state index contributed by atoms with van der Waals surface area (Å²) in [7, 11) is 0. The van der Waals surface area contributed by atoms with E-state index >= 15 is 0 Å². The summed E-state index contributed by atoms with van der Waals surface area (Å²) >= 11 is 1.37. The monoisotopic (exact) mass is 427 g/mol. The highest BCUT2D eigenvalue weighted by atomic mass is 32.1. The number of carbonyl (C=O) groups is 2. The van der Waals surface area contributed by atoms with Crippen molar-refractivity contribution in [3.8, 4) is 5.88 Å². The van der Waals surface area contributed by atoms with Gasteiger partial charge in [-0.25, -0.2) is 4.98 Å². The van der Waals surface area contributed by atoms with Gasteiger partial charge in [0.15, 0.2) is 6.61 Å². The molecule has 0 aliphatic carbocycles. The number of ether oxygens (including phenoxy) is 1. The summed E-state index contributed by atoms with van der Waals surface area (Å²) in [5.74, 6) is -0.740. The van der Waals surface area contributed by atoms with Crippen LogP contribution in [0.3, 0.4) is 0 Å². The lowest BCUT2D eigenvalue weighted by molar-refractivity contribution is -0.154. The molecule has 0 spiro atoms. The Morgan fingerprint density at radius 2 is 2.17 bits per heavy atom. The van der Waals surface area contributed by atoms with Crippen molar-refractivity contribution in [3.05, 3.63) is 46.3 Å². The number of halogens is 3. The maximum absolute atomic E-state index is 12.5. The van der Waals surface area contributed by atoms with Gasteiger partial charge in [0, 0.05) is 31.9 Å². The first-order chi connectivity index (χ1) is 13.8. The molecule has 1 N–H and O–H groups in total. The number of piperidine rings is 1. The predicted molar refractivity (Wildman–Crippen MR) is 101 cm³/mol. The highest BCUT2D eigenvalue weighted by molar-refractivity contribution is 7.12. The molecule has 1 aliphatic heterocycles. The van der Waals surface area contributed by atoms with E-state index in [1.54, 1.807) is 17.0 Å². The smallest absolute Gasteiger partial charge is 0.422 e. The number of carbonyl (C=O) groups excluding carboxylic acids is 2. The van der Waals surface area contributed by atoms with Gasteiger partial charge in [0.2, 0.25) is 11.8 Å². The van der Waals surface area contributed by atoms with E-state index in [-0.39, 0.29) is 30.2 Å². The van der Waals surface area contributed by atoms with Crippen molar-refractivity contribution in [1.82, 2.24) is 15.2 Å². The van der Waals surface area contributed by atoms with Gasteiger partial charge in [-0.1, -0.05) is 6.07 Å². The third-order valence-electron chi connectivity index (χ3n) is 4.46. The molecule has 3 heterocycles. The fourth-order valence-electron chi connectivity index (χ4n) is 3.06.